The van der Waals surface area contributed by atoms with E-state index in [-0.39, 0.29) is 72.8 Å². The fourth-order valence-electron chi connectivity index (χ4n) is 6.89. The maximum Gasteiger partial charge on any atom is 0.409 e. The van der Waals surface area contributed by atoms with Crippen molar-refractivity contribution >= 4 is 60.8 Å². The number of alkyl halides is 1. The number of hydrogen-bond acceptors (Lipinski definition) is 9. The number of hydrogen-bond donors (Lipinski definition) is 3. The molecule has 0 aliphatic carbocycles. The number of anilines is 2. The molecule has 0 saturated carbocycles. The van der Waals surface area contributed by atoms with Gasteiger partial charge in [-0.2, -0.15) is 15.2 Å². The van der Waals surface area contributed by atoms with Crippen molar-refractivity contribution in [3.8, 4) is 23.2 Å². The van der Waals surface area contributed by atoms with Gasteiger partial charge in [-0.25, -0.2) is 18.0 Å². The lowest BCUT2D eigenvalue weighted by atomic mass is 9.95. The molecule has 0 radical (unpaired) electrons. The van der Waals surface area contributed by atoms with Crippen molar-refractivity contribution in [2.75, 3.05) is 49.6 Å². The van der Waals surface area contributed by atoms with Crippen LogP contribution >= 0.6 is 22.9 Å². The van der Waals surface area contributed by atoms with Gasteiger partial charge in [0.25, 0.3) is 0 Å². The van der Waals surface area contributed by atoms with E-state index in [2.05, 4.69) is 20.2 Å². The van der Waals surface area contributed by atoms with Crippen molar-refractivity contribution in [2.45, 2.75) is 31.0 Å². The van der Waals surface area contributed by atoms with E-state index in [9.17, 15) is 29.1 Å². The number of aliphatic hydroxyl groups is 1. The van der Waals surface area contributed by atoms with Crippen LogP contribution in [0.5, 0.6) is 6.01 Å². The molecule has 2 aromatic carbocycles. The summed E-state index contributed by atoms with van der Waals surface area (Å²) in [6.07, 6.45) is -0.410. The van der Waals surface area contributed by atoms with Gasteiger partial charge in [-0.15, -0.1) is 11.3 Å². The van der Waals surface area contributed by atoms with Gasteiger partial charge in [0.05, 0.1) is 20.8 Å². The van der Waals surface area contributed by atoms with Crippen molar-refractivity contribution in [1.82, 2.24) is 14.9 Å². The highest BCUT2D eigenvalue weighted by atomic mass is 35.5. The number of nitriles is 1. The predicted molar refractivity (Wildman–Crippen MR) is 163 cm³/mol. The summed E-state index contributed by atoms with van der Waals surface area (Å²) in [5.74, 6) is -1.22. The molecule has 0 bridgehead atoms. The van der Waals surface area contributed by atoms with E-state index < -0.39 is 29.4 Å². The molecule has 15 heteroatoms. The lowest BCUT2D eigenvalue weighted by Crippen LogP contribution is -2.49. The van der Waals surface area contributed by atoms with Crippen LogP contribution in [0.3, 0.4) is 0 Å². The molecule has 1 amide bonds. The molecular weight excluding hydrogens is 633 g/mol. The maximum atomic E-state index is 16.8. The third kappa shape index (κ3) is 4.89. The molecule has 234 valence electrons. The number of halogens is 4. The zero-order chi connectivity index (χ0) is 31.6. The number of aromatic nitrogens is 2. The van der Waals surface area contributed by atoms with Gasteiger partial charge in [-0.1, -0.05) is 17.7 Å². The fourth-order valence-corrected chi connectivity index (χ4v) is 8.26. The SMILES string of the molecule is N#Cc1c(NC(=O)O)sc2c(F)ccc(-c3c(Cl)cc4c(N5CC(CO)C5)nc(OC[C@@]56CCCN5C[C@H](F)C6)nc4c3F)c12. The number of nitrogens with one attached hydrogen (secondary N) is 1. The first kappa shape index (κ1) is 29.8. The summed E-state index contributed by atoms with van der Waals surface area (Å²) >= 11 is 7.43. The molecule has 2 atom stereocenters. The number of carboxylic acid groups (broad SMARTS) is 1. The Balaban J connectivity index is 1.38. The standard InChI is InChI=1S/C30H26ClF3N6O4S/c31-19-6-17-24(23(34)22(19)16-2-3-20(33)25-21(16)18(8-35)27(45-25)38-29(42)43)36-28(37-26(17)39-9-14(10-39)12-41)44-13-30-4-1-5-40(30)11-15(32)7-30/h2-3,6,14-15,38,41H,1,4-5,7,9-13H2,(H,42,43)/t15-,30+/m1/s1. The zero-order valence-electron chi connectivity index (χ0n) is 23.6. The summed E-state index contributed by atoms with van der Waals surface area (Å²) in [6.45, 7) is 2.13. The van der Waals surface area contributed by atoms with Crippen molar-refractivity contribution in [1.29, 1.82) is 5.26 Å². The number of carbonyl (C=O) groups is 1. The van der Waals surface area contributed by atoms with Gasteiger partial charge >= 0.3 is 12.1 Å². The Hall–Kier alpha value is -3.90. The number of aliphatic hydroxyl groups excluding tert-OH is 1. The van der Waals surface area contributed by atoms with E-state index in [1.54, 1.807) is 0 Å². The normalized spacial score (nSPS) is 21.7. The second-order valence-electron chi connectivity index (χ2n) is 11.7. The van der Waals surface area contributed by atoms with Crippen LogP contribution in [0.1, 0.15) is 24.8 Å². The Labute approximate surface area is 263 Å². The first-order chi connectivity index (χ1) is 21.6. The minimum atomic E-state index is -1.44. The van der Waals surface area contributed by atoms with E-state index in [1.165, 1.54) is 12.1 Å². The number of benzene rings is 2. The Morgan fingerprint density at radius 1 is 1.29 bits per heavy atom. The summed E-state index contributed by atoms with van der Waals surface area (Å²) < 4.78 is 52.1. The highest BCUT2D eigenvalue weighted by Crippen LogP contribution is 2.47. The molecule has 3 saturated heterocycles. The van der Waals surface area contributed by atoms with Crippen molar-refractivity contribution in [3.05, 3.63) is 40.4 Å². The van der Waals surface area contributed by atoms with Crippen LogP contribution < -0.4 is 15.0 Å². The van der Waals surface area contributed by atoms with Crippen LogP contribution in [0.25, 0.3) is 32.1 Å². The summed E-state index contributed by atoms with van der Waals surface area (Å²) in [5, 5.41) is 31.0. The highest BCUT2D eigenvalue weighted by Gasteiger charge is 2.49. The Bertz CT molecular complexity index is 1910. The first-order valence-corrected chi connectivity index (χ1v) is 15.5. The number of nitrogens with zero attached hydrogens (tertiary/aromatic N) is 5. The molecule has 7 rings (SSSR count). The molecule has 2 aromatic heterocycles. The van der Waals surface area contributed by atoms with E-state index >= 15 is 4.39 Å². The highest BCUT2D eigenvalue weighted by molar-refractivity contribution is 7.23. The molecule has 0 spiro atoms. The second-order valence-corrected chi connectivity index (χ2v) is 13.2. The maximum absolute atomic E-state index is 16.8. The minimum absolute atomic E-state index is 0.00752. The molecule has 3 aliphatic heterocycles. The third-order valence-corrected chi connectivity index (χ3v) is 10.4. The molecule has 4 aromatic rings. The molecule has 0 unspecified atom stereocenters. The number of amides is 1. The van der Waals surface area contributed by atoms with Gasteiger partial charge in [-0.05, 0) is 37.1 Å². The van der Waals surface area contributed by atoms with Crippen molar-refractivity contribution in [3.63, 3.8) is 0 Å². The zero-order valence-corrected chi connectivity index (χ0v) is 25.2. The van der Waals surface area contributed by atoms with Gasteiger partial charge in [-0.3, -0.25) is 10.2 Å². The van der Waals surface area contributed by atoms with Crippen LogP contribution in [0, 0.1) is 28.9 Å². The molecule has 5 heterocycles. The first-order valence-electron chi connectivity index (χ1n) is 14.4. The van der Waals surface area contributed by atoms with Crippen molar-refractivity contribution < 1.29 is 32.9 Å². The Morgan fingerprint density at radius 3 is 2.82 bits per heavy atom. The fraction of sp³-hybridized carbons (Fsp3) is 0.400. The average Bonchev–Trinajstić information content (AvgIpc) is 3.62. The smallest absolute Gasteiger partial charge is 0.409 e. The Kier molecular flexibility index (Phi) is 7.39. The van der Waals surface area contributed by atoms with Crippen LogP contribution in [0.15, 0.2) is 18.2 Å². The third-order valence-electron chi connectivity index (χ3n) is 8.98. The van der Waals surface area contributed by atoms with E-state index in [4.69, 9.17) is 16.3 Å². The summed E-state index contributed by atoms with van der Waals surface area (Å²) in [6, 6.07) is 5.68. The number of rotatable bonds is 7. The lowest BCUT2D eigenvalue weighted by molar-refractivity contribution is 0.107. The van der Waals surface area contributed by atoms with E-state index in [1.807, 2.05) is 11.0 Å². The summed E-state index contributed by atoms with van der Waals surface area (Å²) in [5.41, 5.74) is -0.876. The van der Waals surface area contributed by atoms with Crippen LogP contribution in [-0.2, 0) is 0 Å². The quantitative estimate of drug-likeness (QED) is 0.226. The average molecular weight is 659 g/mol. The van der Waals surface area contributed by atoms with Gasteiger partial charge < -0.3 is 19.8 Å². The predicted octanol–water partition coefficient (Wildman–Crippen LogP) is 5.79. The Morgan fingerprint density at radius 2 is 2.09 bits per heavy atom. The molecule has 3 aliphatic rings. The van der Waals surface area contributed by atoms with E-state index in [0.717, 1.165) is 25.5 Å². The summed E-state index contributed by atoms with van der Waals surface area (Å²) in [7, 11) is 0. The van der Waals surface area contributed by atoms with E-state index in [0.29, 0.717) is 43.2 Å². The molecular formula is C30H26ClF3N6O4S. The number of thiophene rings is 1. The molecule has 10 nitrogen and oxygen atoms in total. The summed E-state index contributed by atoms with van der Waals surface area (Å²) in [4.78, 5) is 24.3. The van der Waals surface area contributed by atoms with Crippen molar-refractivity contribution in [2.24, 2.45) is 5.92 Å². The van der Waals surface area contributed by atoms with Crippen LogP contribution in [0.2, 0.25) is 5.02 Å². The van der Waals surface area contributed by atoms with Gasteiger partial charge in [0.1, 0.15) is 41.0 Å². The second kappa shape index (κ2) is 11.2. The largest absolute Gasteiger partial charge is 0.465 e. The minimum Gasteiger partial charge on any atom is -0.465 e. The molecule has 3 fully saturated rings. The van der Waals surface area contributed by atoms with Gasteiger partial charge in [0, 0.05) is 54.9 Å². The lowest BCUT2D eigenvalue weighted by Gasteiger charge is -2.39. The van der Waals surface area contributed by atoms with Gasteiger partial charge in [0.15, 0.2) is 5.82 Å². The van der Waals surface area contributed by atoms with Gasteiger partial charge in [0.2, 0.25) is 0 Å². The topological polar surface area (TPSA) is 135 Å². The van der Waals surface area contributed by atoms with Crippen LogP contribution in [0.4, 0.5) is 28.8 Å². The number of ether oxygens (including phenoxy) is 1. The number of fused-ring (bicyclic) bond motifs is 3. The van der Waals surface area contributed by atoms with Crippen LogP contribution in [-0.4, -0.2) is 82.3 Å². The monoisotopic (exact) mass is 658 g/mol. The molecule has 3 N–H and O–H groups in total. The molecule has 45 heavy (non-hydrogen) atoms.